The topological polar surface area (TPSA) is 413 Å². The summed E-state index contributed by atoms with van der Waals surface area (Å²) in [5, 5.41) is 119. The van der Waals surface area contributed by atoms with Gasteiger partial charge < -0.3 is 97.4 Å². The molecule has 0 saturated heterocycles. The van der Waals surface area contributed by atoms with E-state index in [-0.39, 0.29) is 74.7 Å². The Kier molecular flexibility index (Phi) is 16.5. The minimum Gasteiger partial charge on any atom is -0.508 e. The van der Waals surface area contributed by atoms with Gasteiger partial charge >= 0.3 is 5.97 Å². The summed E-state index contributed by atoms with van der Waals surface area (Å²) in [5.41, 5.74) is -1.77. The van der Waals surface area contributed by atoms with Crippen molar-refractivity contribution in [2.24, 2.45) is 0 Å². The van der Waals surface area contributed by atoms with Crippen LogP contribution < -0.4 is 51.4 Å². The van der Waals surface area contributed by atoms with Gasteiger partial charge in [0.1, 0.15) is 76.6 Å². The van der Waals surface area contributed by atoms with E-state index in [4.69, 9.17) is 37.4 Å². The van der Waals surface area contributed by atoms with Crippen molar-refractivity contribution in [3.8, 4) is 80.1 Å². The normalized spacial score (nSPS) is 22.0. The maximum atomic E-state index is 15.8. The fraction of sp³-hybridized carbons (Fsp3) is 0.197. The Labute approximate surface area is 512 Å². The van der Waals surface area contributed by atoms with E-state index in [0.717, 1.165) is 60.7 Å². The average Bonchev–Trinajstić information content (AvgIpc) is 0.925. The number of phenols is 6. The first-order valence-electron chi connectivity index (χ1n) is 27.1. The van der Waals surface area contributed by atoms with Gasteiger partial charge in [0.2, 0.25) is 41.2 Å². The number of fused-ring (bicyclic) bond motifs is 14. The van der Waals surface area contributed by atoms with Gasteiger partial charge in [-0.05, 0) is 112 Å². The summed E-state index contributed by atoms with van der Waals surface area (Å²) in [7, 11) is 0. The number of phenolic OH excluding ortho intramolecular Hbond substituents is 6. The number of carbonyl (C=O) groups is 7. The molecular weight excluding hydrogens is 1210 g/mol. The first-order chi connectivity index (χ1) is 42.5. The van der Waals surface area contributed by atoms with Gasteiger partial charge in [0.05, 0.1) is 22.7 Å². The van der Waals surface area contributed by atoms with E-state index in [1.165, 1.54) is 54.6 Å². The lowest BCUT2D eigenvalue weighted by Crippen LogP contribution is -2.55. The highest BCUT2D eigenvalue weighted by Crippen LogP contribution is 2.48. The zero-order chi connectivity index (χ0) is 63.3. The lowest BCUT2D eigenvalue weighted by Gasteiger charge is -2.31. The van der Waals surface area contributed by atoms with Crippen LogP contribution in [-0.2, 0) is 40.0 Å². The van der Waals surface area contributed by atoms with E-state index in [1.54, 1.807) is 0 Å². The number of nitrogens with one attached hydrogen (secondary N) is 7. The molecule has 28 heteroatoms. The van der Waals surface area contributed by atoms with Crippen molar-refractivity contribution in [3.63, 3.8) is 0 Å². The number of aliphatic hydroxyl groups is 2. The van der Waals surface area contributed by atoms with Gasteiger partial charge in [-0.25, -0.2) is 4.79 Å². The number of hydrogen-bond donors (Lipinski definition) is 16. The number of hydrogen-bond acceptors (Lipinski definition) is 19. The van der Waals surface area contributed by atoms with Gasteiger partial charge in [0.25, 0.3) is 0 Å². The summed E-state index contributed by atoms with van der Waals surface area (Å²) in [5.74, 6) is -14.6. The Hall–Kier alpha value is -10.5. The van der Waals surface area contributed by atoms with Crippen molar-refractivity contribution >= 4 is 64.6 Å². The van der Waals surface area contributed by atoms with Gasteiger partial charge in [-0.1, -0.05) is 47.5 Å². The molecule has 0 spiro atoms. The summed E-state index contributed by atoms with van der Waals surface area (Å²) >= 11 is 13.7. The Morgan fingerprint density at radius 3 is 1.80 bits per heavy atom. The largest absolute Gasteiger partial charge is 0.508 e. The molecule has 6 heterocycles. The zero-order valence-electron chi connectivity index (χ0n) is 45.8. The Morgan fingerprint density at radius 2 is 1.12 bits per heavy atom. The minimum atomic E-state index is -2.20. The van der Waals surface area contributed by atoms with E-state index in [9.17, 15) is 65.1 Å². The molecule has 26 nitrogen and oxygen atoms in total. The van der Waals surface area contributed by atoms with Gasteiger partial charge in [-0.15, -0.1) is 0 Å². The molecule has 8 atom stereocenters. The molecule has 0 radical (unpaired) electrons. The smallest absolute Gasteiger partial charge is 0.330 e. The fourth-order valence-corrected chi connectivity index (χ4v) is 11.2. The third-order valence-corrected chi connectivity index (χ3v) is 15.7. The fourth-order valence-electron chi connectivity index (χ4n) is 10.8. The zero-order valence-corrected chi connectivity index (χ0v) is 47.3. The van der Waals surface area contributed by atoms with Crippen molar-refractivity contribution in [2.75, 3.05) is 13.2 Å². The predicted octanol–water partition coefficient (Wildman–Crippen LogP) is 5.00. The molecule has 7 aromatic rings. The van der Waals surface area contributed by atoms with Gasteiger partial charge in [0, 0.05) is 48.2 Å². The van der Waals surface area contributed by atoms with Crippen molar-refractivity contribution in [2.45, 2.75) is 61.2 Å². The van der Waals surface area contributed by atoms with Gasteiger partial charge in [-0.2, -0.15) is 0 Å². The first kappa shape index (κ1) is 60.2. The summed E-state index contributed by atoms with van der Waals surface area (Å²) in [6.07, 6.45) is -2.72. The Balaban J connectivity index is 1.13. The maximum Gasteiger partial charge on any atom is 0.330 e. The predicted molar refractivity (Wildman–Crippen MR) is 310 cm³/mol. The molecule has 17 bridgehead atoms. The highest BCUT2D eigenvalue weighted by atomic mass is 35.5. The van der Waals surface area contributed by atoms with Crippen molar-refractivity contribution < 1.29 is 93.7 Å². The van der Waals surface area contributed by atoms with Crippen molar-refractivity contribution in [3.05, 3.63) is 164 Å². The molecule has 6 aliphatic rings. The number of aromatic hydroxyl groups is 6. The second kappa shape index (κ2) is 24.3. The van der Waals surface area contributed by atoms with Crippen LogP contribution in [0.4, 0.5) is 0 Å². The quantitative estimate of drug-likeness (QED) is 0.108. The van der Waals surface area contributed by atoms with E-state index in [0.29, 0.717) is 11.1 Å². The van der Waals surface area contributed by atoms with Crippen LogP contribution in [-0.4, -0.2) is 113 Å². The molecule has 7 aromatic carbocycles. The number of ether oxygens (including phenoxy) is 3. The van der Waals surface area contributed by atoms with E-state index < -0.39 is 159 Å². The molecule has 0 aromatic heterocycles. The van der Waals surface area contributed by atoms with Crippen LogP contribution in [0.3, 0.4) is 0 Å². The second-order valence-corrected chi connectivity index (χ2v) is 21.9. The standard InChI is InChI=1S/C61H51Cl2N7O19/c62-35-11-24-1-7-42(35)88-45-18-29-19-46(55(45)79)89-43-8-4-27(16-36(43)63)54(78)53-60(84)69-52(61(85)86)34-21-31(73)22-41(76)48(34)33-15-26(3-5-39(33)74)49(57(81)70-53)67-59(83)51(29)68-58(82)50-28-13-30(72)20-32(14-28)87-44-17-25(2-6-40(44)75)38(23-71)64-10-9-47(77)65-37(12-24)56(80)66-50/h1-8,11,13-22,37-38,49-54,64,71-76,78-79H,9-10,12,23H2,(H,65,77)(H,66,80)(H,67,83)(H,68,82)(H,69,84)(H,70,81)(H,85,86). The lowest BCUT2D eigenvalue weighted by atomic mass is 9.89. The maximum absolute atomic E-state index is 15.8. The second-order valence-electron chi connectivity index (χ2n) is 21.1. The summed E-state index contributed by atoms with van der Waals surface area (Å²) < 4.78 is 18.6. The number of halogens is 2. The molecular formula is C61H51Cl2N7O19. The molecule has 13 rings (SSSR count). The molecule has 0 saturated carbocycles. The van der Waals surface area contributed by atoms with Crippen molar-refractivity contribution in [1.29, 1.82) is 0 Å². The highest BCUT2D eigenvalue weighted by molar-refractivity contribution is 6.32. The van der Waals surface area contributed by atoms with E-state index >= 15 is 14.4 Å². The first-order valence-corrected chi connectivity index (χ1v) is 27.9. The summed E-state index contributed by atoms with van der Waals surface area (Å²) in [4.78, 5) is 103. The monoisotopic (exact) mass is 1260 g/mol. The molecule has 89 heavy (non-hydrogen) atoms. The number of aliphatic hydroxyl groups excluding tert-OH is 2. The van der Waals surface area contributed by atoms with E-state index in [2.05, 4.69) is 37.2 Å². The molecule has 0 fully saturated rings. The Morgan fingerprint density at radius 1 is 0.528 bits per heavy atom. The molecule has 16 N–H and O–H groups in total. The third kappa shape index (κ3) is 12.3. The van der Waals surface area contributed by atoms with Crippen LogP contribution in [0.25, 0.3) is 11.1 Å². The molecule has 0 aliphatic carbocycles. The number of rotatable bonds is 2. The molecule has 8 unspecified atom stereocenters. The van der Waals surface area contributed by atoms with Crippen LogP contribution in [0.2, 0.25) is 10.0 Å². The summed E-state index contributed by atoms with van der Waals surface area (Å²) in [6, 6.07) is 9.25. The lowest BCUT2D eigenvalue weighted by molar-refractivity contribution is -0.143. The third-order valence-electron chi connectivity index (χ3n) is 15.2. The van der Waals surface area contributed by atoms with Gasteiger partial charge in [0.15, 0.2) is 29.0 Å². The average molecular weight is 1260 g/mol. The Bertz CT molecular complexity index is 4110. The number of carboxylic acid groups (broad SMARTS) is 1. The van der Waals surface area contributed by atoms with Crippen LogP contribution >= 0.6 is 23.2 Å². The number of aliphatic carboxylic acids is 1. The van der Waals surface area contributed by atoms with Gasteiger partial charge in [-0.3, -0.25) is 28.8 Å². The SMILES string of the molecule is O=C1CCNC(CO)c2ccc(O)c(c2)Oc2cc(O)cc(c2)C2NC(=O)C(Cc3ccc(c(Cl)c3)Oc3cc4cc(c3O)Oc3ccc(cc3Cl)C(O)C3NC(=O)C(NC(=O)C4NC2=O)c2ccc(O)c(c2)-c2c(O)cc(O)cc2C(C(=O)O)NC3=O)N1. The molecule has 6 aliphatic heterocycles. The molecule has 458 valence electrons. The number of carboxylic acids is 1. The van der Waals surface area contributed by atoms with Crippen LogP contribution in [0, 0.1) is 0 Å². The number of benzene rings is 7. The number of carbonyl (C=O) groups excluding carboxylic acids is 6. The number of amides is 6. The van der Waals surface area contributed by atoms with Crippen LogP contribution in [0.15, 0.2) is 115 Å². The summed E-state index contributed by atoms with van der Waals surface area (Å²) in [6.45, 7) is -0.547. The van der Waals surface area contributed by atoms with Crippen molar-refractivity contribution in [1.82, 2.24) is 37.2 Å². The van der Waals surface area contributed by atoms with Crippen LogP contribution in [0.5, 0.6) is 69.0 Å². The van der Waals surface area contributed by atoms with E-state index in [1.807, 2.05) is 0 Å². The minimum absolute atomic E-state index is 0.0625. The highest BCUT2D eigenvalue weighted by Gasteiger charge is 2.41. The molecule has 6 amide bonds. The van der Waals surface area contributed by atoms with Crippen LogP contribution in [0.1, 0.15) is 81.7 Å².